The maximum absolute atomic E-state index is 10.5. The monoisotopic (exact) mass is 135 g/mol. The third kappa shape index (κ3) is 1.92. The van der Waals surface area contributed by atoms with Crippen molar-refractivity contribution < 1.29 is 4.79 Å². The standard InChI is InChI=1S/C8H9NO/c1-7(10)9-8-5-3-2-4-6-8/h3-5H,6H2,1H3,(H,9,10). The van der Waals surface area contributed by atoms with Crippen molar-refractivity contribution in [3.8, 4) is 0 Å². The molecule has 1 aliphatic carbocycles. The molecule has 1 N–H and O–H groups in total. The first-order chi connectivity index (χ1) is 4.79. The van der Waals surface area contributed by atoms with E-state index in [4.69, 9.17) is 0 Å². The van der Waals surface area contributed by atoms with Crippen molar-refractivity contribution >= 4 is 5.91 Å². The van der Waals surface area contributed by atoms with E-state index in [2.05, 4.69) is 11.0 Å². The minimum absolute atomic E-state index is 0.0186. The summed E-state index contributed by atoms with van der Waals surface area (Å²) in [6.07, 6.45) is 6.29. The predicted molar refractivity (Wildman–Crippen MR) is 39.2 cm³/mol. The average molecular weight is 135 g/mol. The molecule has 0 unspecified atom stereocenters. The van der Waals surface area contributed by atoms with Gasteiger partial charge in [-0.1, -0.05) is 0 Å². The smallest absolute Gasteiger partial charge is 0.221 e. The summed E-state index contributed by atoms with van der Waals surface area (Å²) < 4.78 is 0. The third-order valence-corrected chi connectivity index (χ3v) is 1.16. The van der Waals surface area contributed by atoms with Gasteiger partial charge in [0.15, 0.2) is 0 Å². The molecule has 0 heterocycles. The Bertz CT molecular complexity index is 232. The van der Waals surface area contributed by atoms with E-state index in [1.165, 1.54) is 6.92 Å². The minimum atomic E-state index is -0.0186. The molecule has 0 atom stereocenters. The van der Waals surface area contributed by atoms with E-state index in [0.717, 1.165) is 12.1 Å². The predicted octanol–water partition coefficient (Wildman–Crippen LogP) is 1.12. The van der Waals surface area contributed by atoms with Crippen LogP contribution in [0.3, 0.4) is 0 Å². The molecule has 1 amide bonds. The highest BCUT2D eigenvalue weighted by molar-refractivity contribution is 5.75. The highest BCUT2D eigenvalue weighted by Crippen LogP contribution is 2.01. The number of rotatable bonds is 1. The summed E-state index contributed by atoms with van der Waals surface area (Å²) in [7, 11) is 0. The molecule has 0 saturated heterocycles. The Kier molecular flexibility index (Phi) is 2.08. The van der Waals surface area contributed by atoms with Crippen LogP contribution < -0.4 is 5.32 Å². The number of hydrogen-bond donors (Lipinski definition) is 1. The van der Waals surface area contributed by atoms with E-state index in [9.17, 15) is 4.79 Å². The van der Waals surface area contributed by atoms with Crippen LogP contribution in [0.2, 0.25) is 0 Å². The Morgan fingerprint density at radius 1 is 1.80 bits per heavy atom. The maximum atomic E-state index is 10.5. The lowest BCUT2D eigenvalue weighted by Crippen LogP contribution is -2.18. The normalized spacial score (nSPS) is 14.7. The van der Waals surface area contributed by atoms with Gasteiger partial charge >= 0.3 is 0 Å². The molecular formula is C8H9NO. The van der Waals surface area contributed by atoms with E-state index < -0.39 is 0 Å². The van der Waals surface area contributed by atoms with Gasteiger partial charge in [-0.2, -0.15) is 0 Å². The van der Waals surface area contributed by atoms with Crippen LogP contribution in [0.15, 0.2) is 29.7 Å². The maximum Gasteiger partial charge on any atom is 0.221 e. The Labute approximate surface area is 59.9 Å². The van der Waals surface area contributed by atoms with Gasteiger partial charge in [0.2, 0.25) is 5.91 Å². The number of amides is 1. The van der Waals surface area contributed by atoms with Crippen LogP contribution in [-0.4, -0.2) is 5.91 Å². The zero-order chi connectivity index (χ0) is 7.40. The number of allylic oxidation sites excluding steroid dienone is 2. The lowest BCUT2D eigenvalue weighted by molar-refractivity contribution is -0.118. The first-order valence-corrected chi connectivity index (χ1v) is 3.17. The van der Waals surface area contributed by atoms with Crippen molar-refractivity contribution in [2.45, 2.75) is 13.3 Å². The molecule has 0 fully saturated rings. The molecule has 1 aliphatic rings. The topological polar surface area (TPSA) is 29.1 Å². The fourth-order valence-electron chi connectivity index (χ4n) is 0.772. The summed E-state index contributed by atoms with van der Waals surface area (Å²) in [5, 5.41) is 2.70. The van der Waals surface area contributed by atoms with Gasteiger partial charge < -0.3 is 5.32 Å². The highest BCUT2D eigenvalue weighted by atomic mass is 16.1. The lowest BCUT2D eigenvalue weighted by Gasteiger charge is -2.04. The summed E-state index contributed by atoms with van der Waals surface area (Å²) in [5.74, 6) is -0.0186. The molecule has 0 aromatic rings. The second-order valence-electron chi connectivity index (χ2n) is 2.11. The van der Waals surface area contributed by atoms with Crippen molar-refractivity contribution in [1.82, 2.24) is 5.32 Å². The SMILES string of the molecule is CC(=O)NC1=CC=C=CC1. The molecule has 2 heteroatoms. The quantitative estimate of drug-likeness (QED) is 0.536. The van der Waals surface area contributed by atoms with E-state index >= 15 is 0 Å². The van der Waals surface area contributed by atoms with Crippen molar-refractivity contribution in [1.29, 1.82) is 0 Å². The number of hydrogen-bond acceptors (Lipinski definition) is 1. The molecule has 0 spiro atoms. The first kappa shape index (κ1) is 6.84. The van der Waals surface area contributed by atoms with E-state index in [1.54, 1.807) is 6.08 Å². The van der Waals surface area contributed by atoms with Gasteiger partial charge in [0.25, 0.3) is 0 Å². The zero-order valence-corrected chi connectivity index (χ0v) is 5.85. The second kappa shape index (κ2) is 3.04. The first-order valence-electron chi connectivity index (χ1n) is 3.17. The summed E-state index contributed by atoms with van der Waals surface area (Å²) >= 11 is 0. The van der Waals surface area contributed by atoms with E-state index in [1.807, 2.05) is 12.2 Å². The van der Waals surface area contributed by atoms with Crippen molar-refractivity contribution in [2.75, 3.05) is 0 Å². The fourth-order valence-corrected chi connectivity index (χ4v) is 0.772. The second-order valence-corrected chi connectivity index (χ2v) is 2.11. The van der Waals surface area contributed by atoms with E-state index in [0.29, 0.717) is 0 Å². The van der Waals surface area contributed by atoms with Gasteiger partial charge in [-0.05, 0) is 18.2 Å². The molecule has 1 rings (SSSR count). The van der Waals surface area contributed by atoms with Crippen LogP contribution in [0.25, 0.3) is 0 Å². The van der Waals surface area contributed by atoms with Crippen molar-refractivity contribution in [2.24, 2.45) is 0 Å². The Hall–Kier alpha value is -1.27. The molecular weight excluding hydrogens is 126 g/mol. The summed E-state index contributed by atoms with van der Waals surface area (Å²) in [5.41, 5.74) is 3.85. The molecule has 0 aromatic heterocycles. The average Bonchev–Trinajstić information content (AvgIpc) is 1.88. The largest absolute Gasteiger partial charge is 0.330 e. The Morgan fingerprint density at radius 2 is 2.60 bits per heavy atom. The summed E-state index contributed by atoms with van der Waals surface area (Å²) in [6.45, 7) is 1.50. The van der Waals surface area contributed by atoms with Crippen molar-refractivity contribution in [3.05, 3.63) is 29.7 Å². The molecule has 0 aliphatic heterocycles. The molecule has 2 nitrogen and oxygen atoms in total. The van der Waals surface area contributed by atoms with Crippen LogP contribution >= 0.6 is 0 Å². The van der Waals surface area contributed by atoms with Crippen LogP contribution in [-0.2, 0) is 4.79 Å². The Balaban J connectivity index is 2.53. The van der Waals surface area contributed by atoms with Gasteiger partial charge in [0.1, 0.15) is 0 Å². The van der Waals surface area contributed by atoms with Crippen LogP contribution in [0.1, 0.15) is 13.3 Å². The highest BCUT2D eigenvalue weighted by Gasteiger charge is 1.96. The lowest BCUT2D eigenvalue weighted by atomic mass is 10.2. The molecule has 10 heavy (non-hydrogen) atoms. The molecule has 0 aromatic carbocycles. The van der Waals surface area contributed by atoms with Gasteiger partial charge in [0, 0.05) is 19.0 Å². The van der Waals surface area contributed by atoms with Gasteiger partial charge in [-0.25, -0.2) is 0 Å². The number of carbonyl (C=O) groups excluding carboxylic acids is 1. The van der Waals surface area contributed by atoms with Crippen LogP contribution in [0.4, 0.5) is 0 Å². The molecule has 0 radical (unpaired) electrons. The third-order valence-electron chi connectivity index (χ3n) is 1.16. The van der Waals surface area contributed by atoms with E-state index in [-0.39, 0.29) is 5.91 Å². The summed E-state index contributed by atoms with van der Waals surface area (Å²) in [6, 6.07) is 0. The van der Waals surface area contributed by atoms with Gasteiger partial charge in [0.05, 0.1) is 0 Å². The summed E-state index contributed by atoms with van der Waals surface area (Å²) in [4.78, 5) is 10.5. The fraction of sp³-hybridized carbons (Fsp3) is 0.250. The van der Waals surface area contributed by atoms with Gasteiger partial charge in [-0.15, -0.1) is 5.73 Å². The van der Waals surface area contributed by atoms with Gasteiger partial charge in [-0.3, -0.25) is 4.79 Å². The van der Waals surface area contributed by atoms with Crippen LogP contribution in [0, 0.1) is 0 Å². The van der Waals surface area contributed by atoms with Crippen molar-refractivity contribution in [3.63, 3.8) is 0 Å². The zero-order valence-electron chi connectivity index (χ0n) is 5.85. The number of carbonyl (C=O) groups is 1. The molecule has 0 saturated carbocycles. The Morgan fingerprint density at radius 3 is 3.10 bits per heavy atom. The van der Waals surface area contributed by atoms with Crippen LogP contribution in [0.5, 0.6) is 0 Å². The number of nitrogens with one attached hydrogen (secondary N) is 1. The molecule has 0 bridgehead atoms. The molecule has 52 valence electrons. The minimum Gasteiger partial charge on any atom is -0.330 e.